The molecule has 0 fully saturated rings. The van der Waals surface area contributed by atoms with Crippen LogP contribution in [0.1, 0.15) is 35.8 Å². The van der Waals surface area contributed by atoms with Crippen molar-refractivity contribution in [3.8, 4) is 28.6 Å². The molecule has 1 atom stereocenters. The fourth-order valence-electron chi connectivity index (χ4n) is 4.39. The van der Waals surface area contributed by atoms with Crippen LogP contribution in [0.5, 0.6) is 17.2 Å². The van der Waals surface area contributed by atoms with Crippen molar-refractivity contribution in [3.05, 3.63) is 41.5 Å². The van der Waals surface area contributed by atoms with Crippen LogP contribution < -0.4 is 14.2 Å². The Kier molecular flexibility index (Phi) is 4.75. The second-order valence-corrected chi connectivity index (χ2v) is 7.02. The SMILES string of the molecule is COc1ccc(-c2nccn2C2CCCc3c2c(C)nn3C)c(OC)c1OC. The molecule has 0 aliphatic heterocycles. The van der Waals surface area contributed by atoms with Crippen LogP contribution in [-0.4, -0.2) is 40.7 Å². The largest absolute Gasteiger partial charge is 0.493 e. The van der Waals surface area contributed by atoms with Gasteiger partial charge in [-0.15, -0.1) is 0 Å². The highest BCUT2D eigenvalue weighted by molar-refractivity contribution is 5.72. The fourth-order valence-corrected chi connectivity index (χ4v) is 4.39. The molecule has 7 nitrogen and oxygen atoms in total. The number of rotatable bonds is 5. The third kappa shape index (κ3) is 2.73. The van der Waals surface area contributed by atoms with Gasteiger partial charge in [-0.25, -0.2) is 4.98 Å². The maximum atomic E-state index is 5.70. The van der Waals surface area contributed by atoms with Crippen LogP contribution in [0.4, 0.5) is 0 Å². The minimum absolute atomic E-state index is 0.202. The van der Waals surface area contributed by atoms with Crippen molar-refractivity contribution in [1.82, 2.24) is 19.3 Å². The lowest BCUT2D eigenvalue weighted by atomic mass is 9.90. The second-order valence-electron chi connectivity index (χ2n) is 7.02. The van der Waals surface area contributed by atoms with E-state index in [0.29, 0.717) is 17.2 Å². The minimum atomic E-state index is 0.202. The molecule has 1 aromatic carbocycles. The van der Waals surface area contributed by atoms with E-state index < -0.39 is 0 Å². The van der Waals surface area contributed by atoms with Gasteiger partial charge >= 0.3 is 0 Å². The van der Waals surface area contributed by atoms with Gasteiger partial charge in [0.1, 0.15) is 5.82 Å². The number of nitrogens with zero attached hydrogens (tertiary/aromatic N) is 4. The zero-order chi connectivity index (χ0) is 19.8. The summed E-state index contributed by atoms with van der Waals surface area (Å²) in [6.45, 7) is 2.09. The monoisotopic (exact) mass is 382 g/mol. The van der Waals surface area contributed by atoms with Crippen LogP contribution in [0.3, 0.4) is 0 Å². The second kappa shape index (κ2) is 7.22. The first-order chi connectivity index (χ1) is 13.6. The van der Waals surface area contributed by atoms with Crippen LogP contribution >= 0.6 is 0 Å². The van der Waals surface area contributed by atoms with Gasteiger partial charge in [0.2, 0.25) is 5.75 Å². The molecule has 0 amide bonds. The van der Waals surface area contributed by atoms with E-state index in [0.717, 1.165) is 36.3 Å². The number of imidazole rings is 1. The molecule has 4 rings (SSSR count). The number of aromatic nitrogens is 4. The molecule has 7 heteroatoms. The lowest BCUT2D eigenvalue weighted by molar-refractivity contribution is 0.325. The smallest absolute Gasteiger partial charge is 0.204 e. The van der Waals surface area contributed by atoms with Gasteiger partial charge in [-0.05, 0) is 38.3 Å². The quantitative estimate of drug-likeness (QED) is 0.675. The van der Waals surface area contributed by atoms with Gasteiger partial charge in [-0.3, -0.25) is 4.68 Å². The summed E-state index contributed by atoms with van der Waals surface area (Å²) in [6, 6.07) is 4.06. The Bertz CT molecular complexity index is 1010. The van der Waals surface area contributed by atoms with E-state index in [-0.39, 0.29) is 6.04 Å². The Morgan fingerprint density at radius 3 is 2.57 bits per heavy atom. The van der Waals surface area contributed by atoms with E-state index in [1.165, 1.54) is 11.3 Å². The van der Waals surface area contributed by atoms with E-state index >= 15 is 0 Å². The Balaban J connectivity index is 1.87. The van der Waals surface area contributed by atoms with Crippen molar-refractivity contribution in [3.63, 3.8) is 0 Å². The van der Waals surface area contributed by atoms with Crippen LogP contribution in [0.2, 0.25) is 0 Å². The van der Waals surface area contributed by atoms with Crippen molar-refractivity contribution in [1.29, 1.82) is 0 Å². The van der Waals surface area contributed by atoms with Crippen molar-refractivity contribution in [2.24, 2.45) is 7.05 Å². The van der Waals surface area contributed by atoms with E-state index in [2.05, 4.69) is 21.6 Å². The van der Waals surface area contributed by atoms with Crippen molar-refractivity contribution < 1.29 is 14.2 Å². The van der Waals surface area contributed by atoms with Crippen molar-refractivity contribution in [2.75, 3.05) is 21.3 Å². The van der Waals surface area contributed by atoms with Gasteiger partial charge in [0.05, 0.1) is 38.6 Å². The first kappa shape index (κ1) is 18.4. The number of benzene rings is 1. The summed E-state index contributed by atoms with van der Waals surface area (Å²) < 4.78 is 20.9. The highest BCUT2D eigenvalue weighted by atomic mass is 16.5. The van der Waals surface area contributed by atoms with Crippen LogP contribution in [0.25, 0.3) is 11.4 Å². The highest BCUT2D eigenvalue weighted by Gasteiger charge is 2.30. The lowest BCUT2D eigenvalue weighted by Crippen LogP contribution is -2.19. The number of methoxy groups -OCH3 is 3. The molecule has 0 saturated heterocycles. The molecule has 148 valence electrons. The molecule has 28 heavy (non-hydrogen) atoms. The Morgan fingerprint density at radius 2 is 1.86 bits per heavy atom. The molecule has 0 spiro atoms. The molecule has 1 aliphatic carbocycles. The van der Waals surface area contributed by atoms with Crippen LogP contribution in [-0.2, 0) is 13.5 Å². The van der Waals surface area contributed by atoms with Crippen LogP contribution in [0.15, 0.2) is 24.5 Å². The van der Waals surface area contributed by atoms with Gasteiger partial charge in [0.15, 0.2) is 11.5 Å². The summed E-state index contributed by atoms with van der Waals surface area (Å²) in [5.41, 5.74) is 4.58. The molecule has 0 N–H and O–H groups in total. The Labute approximate surface area is 164 Å². The lowest BCUT2D eigenvalue weighted by Gasteiger charge is -2.27. The predicted molar refractivity (Wildman–Crippen MR) is 106 cm³/mol. The molecule has 2 aromatic heterocycles. The molecule has 3 aromatic rings. The van der Waals surface area contributed by atoms with Crippen molar-refractivity contribution in [2.45, 2.75) is 32.2 Å². The first-order valence-corrected chi connectivity index (χ1v) is 9.45. The summed E-state index contributed by atoms with van der Waals surface area (Å²) in [7, 11) is 6.90. The first-order valence-electron chi connectivity index (χ1n) is 9.45. The average Bonchev–Trinajstić information content (AvgIpc) is 3.31. The van der Waals surface area contributed by atoms with Crippen LogP contribution in [0, 0.1) is 6.92 Å². The Morgan fingerprint density at radius 1 is 1.07 bits per heavy atom. The Hall–Kier alpha value is -2.96. The summed E-state index contributed by atoms with van der Waals surface area (Å²) in [5.74, 6) is 2.66. The van der Waals surface area contributed by atoms with Gasteiger partial charge in [-0.1, -0.05) is 0 Å². The molecule has 0 bridgehead atoms. The standard InChI is InChI=1S/C21H26N4O3/c1-13-18-15(24(2)23-13)7-6-8-16(18)25-12-11-22-21(25)14-9-10-17(26-3)20(28-5)19(14)27-4/h9-12,16H,6-8H2,1-5H3. The molecule has 0 radical (unpaired) electrons. The van der Waals surface area contributed by atoms with Gasteiger partial charge in [0.25, 0.3) is 0 Å². The maximum absolute atomic E-state index is 5.70. The average molecular weight is 382 g/mol. The van der Waals surface area contributed by atoms with E-state index in [4.69, 9.17) is 14.2 Å². The van der Waals surface area contributed by atoms with E-state index in [1.54, 1.807) is 21.3 Å². The maximum Gasteiger partial charge on any atom is 0.204 e. The summed E-state index contributed by atoms with van der Waals surface area (Å²) in [5, 5.41) is 4.66. The summed E-state index contributed by atoms with van der Waals surface area (Å²) in [4.78, 5) is 4.67. The van der Waals surface area contributed by atoms with Gasteiger partial charge in [-0.2, -0.15) is 5.10 Å². The third-order valence-electron chi connectivity index (χ3n) is 5.57. The summed E-state index contributed by atoms with van der Waals surface area (Å²) in [6.07, 6.45) is 7.12. The molecular formula is C21H26N4O3. The number of hydrogen-bond acceptors (Lipinski definition) is 5. The normalized spacial score (nSPS) is 16.0. The van der Waals surface area contributed by atoms with E-state index in [9.17, 15) is 0 Å². The number of fused-ring (bicyclic) bond motifs is 1. The number of hydrogen-bond donors (Lipinski definition) is 0. The number of aryl methyl sites for hydroxylation is 2. The molecule has 1 unspecified atom stereocenters. The predicted octanol–water partition coefficient (Wildman–Crippen LogP) is 3.54. The molecule has 2 heterocycles. The van der Waals surface area contributed by atoms with Crippen molar-refractivity contribution >= 4 is 0 Å². The number of ether oxygens (including phenoxy) is 3. The summed E-state index contributed by atoms with van der Waals surface area (Å²) >= 11 is 0. The molecule has 1 aliphatic rings. The zero-order valence-electron chi connectivity index (χ0n) is 17.0. The molecular weight excluding hydrogens is 356 g/mol. The fraction of sp³-hybridized carbons (Fsp3) is 0.429. The topological polar surface area (TPSA) is 63.3 Å². The highest BCUT2D eigenvalue weighted by Crippen LogP contribution is 2.45. The van der Waals surface area contributed by atoms with E-state index in [1.807, 2.05) is 36.3 Å². The van der Waals surface area contributed by atoms with Gasteiger partial charge < -0.3 is 18.8 Å². The third-order valence-corrected chi connectivity index (χ3v) is 5.57. The molecule has 0 saturated carbocycles. The zero-order valence-corrected chi connectivity index (χ0v) is 17.0. The van der Waals surface area contributed by atoms with Gasteiger partial charge in [0, 0.05) is 30.7 Å². The minimum Gasteiger partial charge on any atom is -0.493 e.